The lowest BCUT2D eigenvalue weighted by atomic mass is 9.87. The second-order valence-corrected chi connectivity index (χ2v) is 16.4. The van der Waals surface area contributed by atoms with E-state index in [0.29, 0.717) is 0 Å². The van der Waals surface area contributed by atoms with Crippen LogP contribution in [0.4, 0.5) is 17.1 Å². The molecule has 0 saturated heterocycles. The molecular formula is C62H41NO. The summed E-state index contributed by atoms with van der Waals surface area (Å²) in [6.07, 6.45) is 0. The van der Waals surface area contributed by atoms with Crippen LogP contribution in [-0.4, -0.2) is 0 Å². The summed E-state index contributed by atoms with van der Waals surface area (Å²) in [6, 6.07) is 89.8. The van der Waals surface area contributed by atoms with Gasteiger partial charge in [-0.15, -0.1) is 0 Å². The fourth-order valence-electron chi connectivity index (χ4n) is 9.74. The Bertz CT molecular complexity index is 3660. The van der Waals surface area contributed by atoms with Gasteiger partial charge in [-0.3, -0.25) is 0 Å². The first-order chi connectivity index (χ1) is 31.8. The van der Waals surface area contributed by atoms with Crippen LogP contribution in [0.2, 0.25) is 0 Å². The lowest BCUT2D eigenvalue weighted by molar-refractivity contribution is 0.670. The van der Waals surface area contributed by atoms with Gasteiger partial charge in [0.1, 0.15) is 11.2 Å². The number of rotatable bonds is 8. The molecule has 11 aromatic carbocycles. The van der Waals surface area contributed by atoms with Gasteiger partial charge in [-0.2, -0.15) is 0 Å². The van der Waals surface area contributed by atoms with Gasteiger partial charge in [-0.1, -0.05) is 206 Å². The number of para-hydroxylation sites is 2. The quantitative estimate of drug-likeness (QED) is 0.142. The van der Waals surface area contributed by atoms with Gasteiger partial charge in [-0.05, 0) is 109 Å². The Morgan fingerprint density at radius 1 is 0.281 bits per heavy atom. The van der Waals surface area contributed by atoms with E-state index in [1.807, 2.05) is 6.07 Å². The minimum Gasteiger partial charge on any atom is -0.455 e. The molecular weight excluding hydrogens is 775 g/mol. The number of hydrogen-bond donors (Lipinski definition) is 0. The van der Waals surface area contributed by atoms with Crippen LogP contribution >= 0.6 is 0 Å². The van der Waals surface area contributed by atoms with Gasteiger partial charge >= 0.3 is 0 Å². The van der Waals surface area contributed by atoms with Crippen LogP contribution in [0, 0.1) is 0 Å². The molecule has 0 radical (unpaired) electrons. The largest absolute Gasteiger partial charge is 0.455 e. The Morgan fingerprint density at radius 2 is 0.828 bits per heavy atom. The average molecular weight is 816 g/mol. The third-order valence-electron chi connectivity index (χ3n) is 12.7. The van der Waals surface area contributed by atoms with E-state index in [0.717, 1.165) is 72.4 Å². The van der Waals surface area contributed by atoms with Crippen molar-refractivity contribution in [1.29, 1.82) is 0 Å². The van der Waals surface area contributed by atoms with Gasteiger partial charge in [0.25, 0.3) is 0 Å². The summed E-state index contributed by atoms with van der Waals surface area (Å²) in [7, 11) is 0. The highest BCUT2D eigenvalue weighted by Gasteiger charge is 2.24. The highest BCUT2D eigenvalue weighted by Crippen LogP contribution is 2.49. The van der Waals surface area contributed by atoms with Crippen molar-refractivity contribution in [2.75, 3.05) is 4.90 Å². The fourth-order valence-corrected chi connectivity index (χ4v) is 9.74. The summed E-state index contributed by atoms with van der Waals surface area (Å²) in [6.45, 7) is 0. The third kappa shape index (κ3) is 6.44. The minimum absolute atomic E-state index is 0.890. The van der Waals surface area contributed by atoms with Crippen molar-refractivity contribution in [2.45, 2.75) is 0 Å². The van der Waals surface area contributed by atoms with Crippen LogP contribution in [0.5, 0.6) is 0 Å². The maximum atomic E-state index is 6.60. The maximum Gasteiger partial charge on any atom is 0.143 e. The summed E-state index contributed by atoms with van der Waals surface area (Å²) >= 11 is 0. The topological polar surface area (TPSA) is 16.4 Å². The Hall–Kier alpha value is -8.46. The zero-order chi connectivity index (χ0) is 42.4. The van der Waals surface area contributed by atoms with Crippen molar-refractivity contribution < 1.29 is 4.42 Å². The number of fused-ring (bicyclic) bond motifs is 6. The lowest BCUT2D eigenvalue weighted by Gasteiger charge is -2.30. The van der Waals surface area contributed by atoms with Crippen LogP contribution < -0.4 is 4.90 Å². The van der Waals surface area contributed by atoms with Gasteiger partial charge in [0, 0.05) is 33.3 Å². The van der Waals surface area contributed by atoms with E-state index in [1.54, 1.807) is 0 Å². The number of nitrogens with zero attached hydrogens (tertiary/aromatic N) is 1. The second-order valence-electron chi connectivity index (χ2n) is 16.4. The molecule has 12 aromatic rings. The molecule has 0 saturated carbocycles. The molecule has 0 aliphatic carbocycles. The predicted octanol–water partition coefficient (Wildman–Crippen LogP) is 17.7. The van der Waals surface area contributed by atoms with Crippen molar-refractivity contribution in [1.82, 2.24) is 0 Å². The lowest BCUT2D eigenvalue weighted by Crippen LogP contribution is -2.12. The average Bonchev–Trinajstić information content (AvgIpc) is 3.76. The maximum absolute atomic E-state index is 6.60. The number of benzene rings is 11. The van der Waals surface area contributed by atoms with Crippen LogP contribution in [-0.2, 0) is 0 Å². The fraction of sp³-hybridized carbons (Fsp3) is 0. The monoisotopic (exact) mass is 815 g/mol. The highest BCUT2D eigenvalue weighted by atomic mass is 16.3. The molecule has 64 heavy (non-hydrogen) atoms. The van der Waals surface area contributed by atoms with Gasteiger partial charge < -0.3 is 9.32 Å². The van der Waals surface area contributed by atoms with Gasteiger partial charge in [-0.25, -0.2) is 0 Å². The summed E-state index contributed by atoms with van der Waals surface area (Å²) in [4.78, 5) is 2.44. The molecule has 0 fully saturated rings. The van der Waals surface area contributed by atoms with Crippen molar-refractivity contribution in [3.8, 4) is 55.6 Å². The van der Waals surface area contributed by atoms with E-state index in [9.17, 15) is 0 Å². The molecule has 300 valence electrons. The first-order valence-electron chi connectivity index (χ1n) is 21.9. The summed E-state index contributed by atoms with van der Waals surface area (Å²) < 4.78 is 6.60. The molecule has 12 rings (SSSR count). The SMILES string of the molecule is c1ccc(-c2ccccc2-c2c(-c3ccccc3)cccc2N(c2ccc(-c3cc4ccccc4c4ccccc34)cc2)c2cccc(-c3cccc4c3oc3ccccc34)c2)cc1. The molecule has 0 atom stereocenters. The van der Waals surface area contributed by atoms with Gasteiger partial charge in [0.05, 0.1) is 5.69 Å². The zero-order valence-corrected chi connectivity index (χ0v) is 35.0. The summed E-state index contributed by atoms with van der Waals surface area (Å²) in [5.41, 5.74) is 16.5. The van der Waals surface area contributed by atoms with Crippen molar-refractivity contribution in [2.24, 2.45) is 0 Å². The standard InChI is InChI=1S/C62H41NO/c1-3-18-42(19-4-1)49-25-9-12-30-56(49)61-51(43-20-5-2-6-21-43)31-17-34-59(61)63(48-24-15-23-45(40-48)52-32-16-33-57-55-29-13-14-35-60(55)64-62(52)57)47-38-36-44(37-39-47)58-41-46-22-7-8-26-50(46)53-27-10-11-28-54(53)58/h1-41H. The highest BCUT2D eigenvalue weighted by molar-refractivity contribution is 6.14. The Balaban J connectivity index is 1.10. The number of furan rings is 1. The molecule has 0 spiro atoms. The predicted molar refractivity (Wildman–Crippen MR) is 271 cm³/mol. The van der Waals surface area contributed by atoms with Gasteiger partial charge in [0.2, 0.25) is 0 Å². The molecule has 0 aliphatic heterocycles. The molecule has 0 bridgehead atoms. The van der Waals surface area contributed by atoms with Crippen LogP contribution in [0.15, 0.2) is 253 Å². The first kappa shape index (κ1) is 37.3. The van der Waals surface area contributed by atoms with E-state index >= 15 is 0 Å². The summed E-state index contributed by atoms with van der Waals surface area (Å²) in [5.74, 6) is 0. The Morgan fingerprint density at radius 3 is 1.62 bits per heavy atom. The Labute approximate surface area is 372 Å². The molecule has 2 heteroatoms. The molecule has 1 heterocycles. The smallest absolute Gasteiger partial charge is 0.143 e. The molecule has 0 N–H and O–H groups in total. The van der Waals surface area contributed by atoms with Gasteiger partial charge in [0.15, 0.2) is 0 Å². The second kappa shape index (κ2) is 15.8. The van der Waals surface area contributed by atoms with E-state index in [1.165, 1.54) is 43.8 Å². The molecule has 0 aliphatic rings. The normalized spacial score (nSPS) is 11.4. The van der Waals surface area contributed by atoms with Crippen LogP contribution in [0.3, 0.4) is 0 Å². The summed E-state index contributed by atoms with van der Waals surface area (Å²) in [5, 5.41) is 7.24. The van der Waals surface area contributed by atoms with E-state index in [-0.39, 0.29) is 0 Å². The van der Waals surface area contributed by atoms with E-state index in [4.69, 9.17) is 4.42 Å². The zero-order valence-electron chi connectivity index (χ0n) is 35.0. The molecule has 2 nitrogen and oxygen atoms in total. The van der Waals surface area contributed by atoms with E-state index < -0.39 is 0 Å². The minimum atomic E-state index is 0.890. The van der Waals surface area contributed by atoms with E-state index in [2.05, 4.69) is 248 Å². The van der Waals surface area contributed by atoms with Crippen molar-refractivity contribution in [3.05, 3.63) is 249 Å². The van der Waals surface area contributed by atoms with Crippen molar-refractivity contribution >= 4 is 60.5 Å². The van der Waals surface area contributed by atoms with Crippen LogP contribution in [0.25, 0.3) is 99.1 Å². The molecule has 0 unspecified atom stereocenters. The molecule has 1 aromatic heterocycles. The third-order valence-corrected chi connectivity index (χ3v) is 12.7. The molecule has 0 amide bonds. The van der Waals surface area contributed by atoms with Crippen LogP contribution in [0.1, 0.15) is 0 Å². The number of anilines is 3. The Kier molecular flexibility index (Phi) is 9.20. The number of hydrogen-bond acceptors (Lipinski definition) is 2. The first-order valence-corrected chi connectivity index (χ1v) is 21.9. The van der Waals surface area contributed by atoms with Crippen molar-refractivity contribution in [3.63, 3.8) is 0 Å².